The Morgan fingerprint density at radius 3 is 2.35 bits per heavy atom. The van der Waals surface area contributed by atoms with Crippen molar-refractivity contribution in [1.29, 1.82) is 5.26 Å². The van der Waals surface area contributed by atoms with E-state index < -0.39 is 24.5 Å². The molecule has 156 valence electrons. The number of esters is 2. The summed E-state index contributed by atoms with van der Waals surface area (Å²) in [6.07, 6.45) is 0. The fourth-order valence-corrected chi connectivity index (χ4v) is 3.67. The normalized spacial score (nSPS) is 10.1. The number of anilines is 1. The minimum absolute atomic E-state index is 0.201. The van der Waals surface area contributed by atoms with Crippen LogP contribution in [0.2, 0.25) is 0 Å². The van der Waals surface area contributed by atoms with Gasteiger partial charge < -0.3 is 14.8 Å². The molecule has 31 heavy (non-hydrogen) atoms. The van der Waals surface area contributed by atoms with Crippen LogP contribution >= 0.6 is 11.3 Å². The molecular weight excluding hydrogens is 416 g/mol. The van der Waals surface area contributed by atoms with Gasteiger partial charge in [0.05, 0.1) is 29.5 Å². The lowest BCUT2D eigenvalue weighted by Gasteiger charge is -2.07. The van der Waals surface area contributed by atoms with Gasteiger partial charge in [-0.15, -0.1) is 11.3 Å². The molecule has 0 radical (unpaired) electrons. The van der Waals surface area contributed by atoms with Crippen LogP contribution in [0.4, 0.5) is 5.69 Å². The molecule has 1 heterocycles. The van der Waals surface area contributed by atoms with Gasteiger partial charge in [-0.25, -0.2) is 9.59 Å². The maximum Gasteiger partial charge on any atom is 0.350 e. The Hall–Kier alpha value is -3.96. The van der Waals surface area contributed by atoms with Crippen LogP contribution in [0.5, 0.6) is 0 Å². The molecule has 8 heteroatoms. The predicted octanol–water partition coefficient (Wildman–Crippen LogP) is 4.26. The minimum atomic E-state index is -0.694. The van der Waals surface area contributed by atoms with E-state index in [1.807, 2.05) is 36.4 Å². The van der Waals surface area contributed by atoms with Crippen LogP contribution < -0.4 is 5.32 Å². The van der Waals surface area contributed by atoms with Crippen molar-refractivity contribution in [2.45, 2.75) is 6.92 Å². The number of hydrogen-bond acceptors (Lipinski definition) is 7. The van der Waals surface area contributed by atoms with Gasteiger partial charge in [-0.1, -0.05) is 30.3 Å². The molecule has 1 N–H and O–H groups in total. The number of nitrogens with zero attached hydrogens (tertiary/aromatic N) is 1. The lowest BCUT2D eigenvalue weighted by Crippen LogP contribution is -2.21. The van der Waals surface area contributed by atoms with Gasteiger partial charge >= 0.3 is 11.9 Å². The van der Waals surface area contributed by atoms with Crippen molar-refractivity contribution in [3.63, 3.8) is 0 Å². The molecule has 0 atom stereocenters. The molecule has 0 aliphatic heterocycles. The number of amides is 1. The zero-order chi connectivity index (χ0) is 22.2. The third-order valence-corrected chi connectivity index (χ3v) is 5.27. The van der Waals surface area contributed by atoms with Crippen LogP contribution in [0.1, 0.15) is 32.5 Å². The lowest BCUT2D eigenvalue weighted by atomic mass is 10.1. The average molecular weight is 434 g/mol. The molecule has 0 saturated carbocycles. The first kappa shape index (κ1) is 21.7. The zero-order valence-corrected chi connectivity index (χ0v) is 17.4. The van der Waals surface area contributed by atoms with Gasteiger partial charge in [-0.2, -0.15) is 5.26 Å². The van der Waals surface area contributed by atoms with E-state index in [0.717, 1.165) is 10.4 Å². The lowest BCUT2D eigenvalue weighted by molar-refractivity contribution is -0.119. The average Bonchev–Trinajstić information content (AvgIpc) is 3.22. The van der Waals surface area contributed by atoms with Crippen molar-refractivity contribution in [3.8, 4) is 16.5 Å². The van der Waals surface area contributed by atoms with Crippen molar-refractivity contribution in [2.75, 3.05) is 18.5 Å². The predicted molar refractivity (Wildman–Crippen MR) is 116 cm³/mol. The summed E-state index contributed by atoms with van der Waals surface area (Å²) in [4.78, 5) is 37.8. The summed E-state index contributed by atoms with van der Waals surface area (Å²) in [6, 6.07) is 18.9. The van der Waals surface area contributed by atoms with Gasteiger partial charge in [0.25, 0.3) is 5.91 Å². The second kappa shape index (κ2) is 10.2. The highest BCUT2D eigenvalue weighted by Gasteiger charge is 2.20. The number of carbonyl (C=O) groups excluding carboxylic acids is 3. The first-order valence-electron chi connectivity index (χ1n) is 9.35. The molecule has 3 aromatic rings. The summed E-state index contributed by atoms with van der Waals surface area (Å²) >= 11 is 1.20. The molecule has 0 unspecified atom stereocenters. The largest absolute Gasteiger partial charge is 0.462 e. The third-order valence-electron chi connectivity index (χ3n) is 4.11. The Balaban J connectivity index is 1.70. The van der Waals surface area contributed by atoms with Crippen LogP contribution in [-0.4, -0.2) is 31.1 Å². The van der Waals surface area contributed by atoms with Crippen LogP contribution in [0.25, 0.3) is 10.4 Å². The topological polar surface area (TPSA) is 105 Å². The van der Waals surface area contributed by atoms with E-state index in [2.05, 4.69) is 5.32 Å². The first-order chi connectivity index (χ1) is 15.0. The van der Waals surface area contributed by atoms with Crippen molar-refractivity contribution in [2.24, 2.45) is 0 Å². The molecule has 2 aromatic carbocycles. The van der Waals surface area contributed by atoms with E-state index in [1.54, 1.807) is 13.0 Å². The molecule has 0 spiro atoms. The summed E-state index contributed by atoms with van der Waals surface area (Å²) < 4.78 is 10.1. The number of nitrogens with one attached hydrogen (secondary N) is 1. The molecule has 0 aliphatic carbocycles. The van der Waals surface area contributed by atoms with Crippen LogP contribution in [-0.2, 0) is 14.3 Å². The number of hydrogen-bond donors (Lipinski definition) is 1. The Bertz CT molecular complexity index is 1130. The second-order valence-electron chi connectivity index (χ2n) is 6.25. The van der Waals surface area contributed by atoms with Gasteiger partial charge in [0.1, 0.15) is 4.88 Å². The van der Waals surface area contributed by atoms with E-state index >= 15 is 0 Å². The van der Waals surface area contributed by atoms with Crippen molar-refractivity contribution in [1.82, 2.24) is 0 Å². The van der Waals surface area contributed by atoms with Crippen molar-refractivity contribution in [3.05, 3.63) is 76.7 Å². The van der Waals surface area contributed by atoms with Gasteiger partial charge in [-0.05, 0) is 42.8 Å². The number of thiophene rings is 1. The highest BCUT2D eigenvalue weighted by atomic mass is 32.1. The van der Waals surface area contributed by atoms with Crippen LogP contribution in [0, 0.1) is 11.3 Å². The van der Waals surface area contributed by atoms with E-state index in [9.17, 15) is 14.4 Å². The Kier molecular flexibility index (Phi) is 7.14. The summed E-state index contributed by atoms with van der Waals surface area (Å²) in [5.41, 5.74) is 1.82. The molecule has 1 aromatic heterocycles. The quantitative estimate of drug-likeness (QED) is 0.557. The summed E-state index contributed by atoms with van der Waals surface area (Å²) in [6.45, 7) is 1.37. The minimum Gasteiger partial charge on any atom is -0.462 e. The Morgan fingerprint density at radius 2 is 1.71 bits per heavy atom. The highest BCUT2D eigenvalue weighted by Crippen LogP contribution is 2.35. The molecule has 0 saturated heterocycles. The molecule has 0 fully saturated rings. The van der Waals surface area contributed by atoms with Crippen LogP contribution in [0.15, 0.2) is 60.7 Å². The molecule has 7 nitrogen and oxygen atoms in total. The van der Waals surface area contributed by atoms with E-state index in [0.29, 0.717) is 11.3 Å². The summed E-state index contributed by atoms with van der Waals surface area (Å²) in [5, 5.41) is 11.4. The van der Waals surface area contributed by atoms with Gasteiger partial charge in [0.15, 0.2) is 6.61 Å². The maximum atomic E-state index is 12.3. The zero-order valence-electron chi connectivity index (χ0n) is 16.6. The number of carbonyl (C=O) groups is 3. The fraction of sp³-hybridized carbons (Fsp3) is 0.130. The van der Waals surface area contributed by atoms with E-state index in [4.69, 9.17) is 14.7 Å². The van der Waals surface area contributed by atoms with Gasteiger partial charge in [-0.3, -0.25) is 4.79 Å². The SMILES string of the molecule is CCOC(=O)c1sc(-c2ccccc2)cc1NC(=O)COC(=O)c1ccc(C#N)cc1. The summed E-state index contributed by atoms with van der Waals surface area (Å²) in [7, 11) is 0. The second-order valence-corrected chi connectivity index (χ2v) is 7.31. The monoisotopic (exact) mass is 434 g/mol. The Morgan fingerprint density at radius 1 is 1.00 bits per heavy atom. The van der Waals surface area contributed by atoms with E-state index in [-0.39, 0.29) is 17.0 Å². The van der Waals surface area contributed by atoms with Crippen LogP contribution in [0.3, 0.4) is 0 Å². The number of ether oxygens (including phenoxy) is 2. The van der Waals surface area contributed by atoms with Crippen molar-refractivity contribution < 1.29 is 23.9 Å². The Labute approximate surface area is 182 Å². The number of rotatable bonds is 7. The highest BCUT2D eigenvalue weighted by molar-refractivity contribution is 7.18. The fourth-order valence-electron chi connectivity index (χ4n) is 2.66. The summed E-state index contributed by atoms with van der Waals surface area (Å²) in [5.74, 6) is -1.83. The smallest absolute Gasteiger partial charge is 0.350 e. The molecular formula is C23H18N2O5S. The standard InChI is InChI=1S/C23H18N2O5S/c1-2-29-23(28)21-18(12-19(31-21)16-6-4-3-5-7-16)25-20(26)14-30-22(27)17-10-8-15(13-24)9-11-17/h3-12H,2,14H2,1H3,(H,25,26). The molecule has 3 rings (SSSR count). The molecule has 0 aliphatic rings. The number of nitriles is 1. The van der Waals surface area contributed by atoms with Crippen molar-refractivity contribution >= 4 is 34.9 Å². The molecule has 0 bridgehead atoms. The first-order valence-corrected chi connectivity index (χ1v) is 10.2. The number of benzene rings is 2. The molecule has 1 amide bonds. The third kappa shape index (κ3) is 5.56. The van der Waals surface area contributed by atoms with Gasteiger partial charge in [0.2, 0.25) is 0 Å². The maximum absolute atomic E-state index is 12.3. The van der Waals surface area contributed by atoms with Gasteiger partial charge in [0, 0.05) is 4.88 Å². The van der Waals surface area contributed by atoms with E-state index in [1.165, 1.54) is 35.6 Å².